The van der Waals surface area contributed by atoms with Crippen molar-refractivity contribution in [3.63, 3.8) is 0 Å². The summed E-state index contributed by atoms with van der Waals surface area (Å²) >= 11 is 5.34. The number of carbonyl (C=O) groups excluding carboxylic acids is 1. The average Bonchev–Trinajstić information content (AvgIpc) is 2.82. The van der Waals surface area contributed by atoms with Crippen LogP contribution in [0.25, 0.3) is 21.9 Å². The number of rotatable bonds is 3. The largest absolute Gasteiger partial charge is 0.463 e. The lowest BCUT2D eigenvalue weighted by atomic mass is 10.2. The molecule has 6 nitrogen and oxygen atoms in total. The van der Waals surface area contributed by atoms with E-state index in [0.29, 0.717) is 11.5 Å². The quantitative estimate of drug-likeness (QED) is 0.359. The van der Waals surface area contributed by atoms with Crippen molar-refractivity contribution in [3.8, 4) is 11.5 Å². The summed E-state index contributed by atoms with van der Waals surface area (Å²) < 4.78 is 5.14. The van der Waals surface area contributed by atoms with E-state index in [0.717, 1.165) is 0 Å². The fraction of sp³-hybridized carbons (Fsp3) is 0. The van der Waals surface area contributed by atoms with Crippen LogP contribution < -0.4 is 0 Å². The predicted molar refractivity (Wildman–Crippen MR) is 60.9 cm³/mol. The highest BCUT2D eigenvalue weighted by Crippen LogP contribution is 2.26. The van der Waals surface area contributed by atoms with E-state index < -0.39 is 5.24 Å². The second kappa shape index (κ2) is 4.69. The maximum atomic E-state index is 11.1. The SMILES string of the molecule is [N-]=[N+]=Nc1cc(-c2ccco2)ncc1C(=O)Cl. The van der Waals surface area contributed by atoms with Gasteiger partial charge in [0.25, 0.3) is 5.24 Å². The number of aromatic nitrogens is 1. The van der Waals surface area contributed by atoms with Crippen LogP contribution in [-0.2, 0) is 0 Å². The minimum atomic E-state index is -0.731. The van der Waals surface area contributed by atoms with Crippen molar-refractivity contribution in [2.45, 2.75) is 0 Å². The van der Waals surface area contributed by atoms with E-state index in [4.69, 9.17) is 21.5 Å². The smallest absolute Gasteiger partial charge is 0.254 e. The van der Waals surface area contributed by atoms with Gasteiger partial charge < -0.3 is 4.42 Å². The Morgan fingerprint density at radius 2 is 2.41 bits per heavy atom. The van der Waals surface area contributed by atoms with Gasteiger partial charge in [0.05, 0.1) is 17.5 Å². The Hall–Kier alpha value is -2.30. The first kappa shape index (κ1) is 11.2. The Bertz CT molecular complexity index is 603. The zero-order valence-electron chi connectivity index (χ0n) is 8.37. The molecule has 0 atom stereocenters. The first-order chi connectivity index (χ1) is 8.22. The van der Waals surface area contributed by atoms with Gasteiger partial charge in [0, 0.05) is 11.1 Å². The molecule has 0 saturated carbocycles. The molecule has 0 radical (unpaired) electrons. The molecule has 7 heteroatoms. The van der Waals surface area contributed by atoms with E-state index in [2.05, 4.69) is 15.0 Å². The molecule has 2 aromatic heterocycles. The lowest BCUT2D eigenvalue weighted by molar-refractivity contribution is 0.108. The topological polar surface area (TPSA) is 91.9 Å². The molecule has 17 heavy (non-hydrogen) atoms. The standard InChI is InChI=1S/C10H5ClN4O2/c11-10(16)6-5-13-8(4-7(6)14-15-12)9-2-1-3-17-9/h1-5H. The summed E-state index contributed by atoms with van der Waals surface area (Å²) in [5.41, 5.74) is 9.04. The van der Waals surface area contributed by atoms with Crippen molar-refractivity contribution in [3.05, 3.63) is 46.7 Å². The van der Waals surface area contributed by atoms with Crippen molar-refractivity contribution in [2.24, 2.45) is 5.11 Å². The molecular weight excluding hydrogens is 244 g/mol. The normalized spacial score (nSPS) is 9.71. The Kier molecular flexibility index (Phi) is 3.09. The second-order valence-electron chi connectivity index (χ2n) is 3.03. The van der Waals surface area contributed by atoms with E-state index in [1.807, 2.05) is 0 Å². The highest BCUT2D eigenvalue weighted by atomic mass is 35.5. The van der Waals surface area contributed by atoms with Gasteiger partial charge in [-0.1, -0.05) is 5.11 Å². The number of pyridine rings is 1. The van der Waals surface area contributed by atoms with E-state index in [1.54, 1.807) is 12.1 Å². The Balaban J connectivity index is 2.57. The Labute approximate surface area is 100 Å². The van der Waals surface area contributed by atoms with Crippen LogP contribution >= 0.6 is 11.6 Å². The first-order valence-corrected chi connectivity index (χ1v) is 4.89. The van der Waals surface area contributed by atoms with Crippen LogP contribution in [0.4, 0.5) is 5.69 Å². The van der Waals surface area contributed by atoms with Crippen LogP contribution in [0.1, 0.15) is 10.4 Å². The summed E-state index contributed by atoms with van der Waals surface area (Å²) in [6.45, 7) is 0. The van der Waals surface area contributed by atoms with Crippen LogP contribution in [0.5, 0.6) is 0 Å². The van der Waals surface area contributed by atoms with Gasteiger partial charge in [0.1, 0.15) is 5.69 Å². The van der Waals surface area contributed by atoms with Gasteiger partial charge in [-0.25, -0.2) is 0 Å². The van der Waals surface area contributed by atoms with E-state index in [-0.39, 0.29) is 11.3 Å². The molecule has 2 aromatic rings. The highest BCUT2D eigenvalue weighted by Gasteiger charge is 2.11. The molecular formula is C10H5ClN4O2. The number of hydrogen-bond acceptors (Lipinski definition) is 4. The fourth-order valence-corrected chi connectivity index (χ4v) is 1.43. The average molecular weight is 249 g/mol. The molecule has 0 spiro atoms. The van der Waals surface area contributed by atoms with Gasteiger partial charge in [-0.3, -0.25) is 9.78 Å². The van der Waals surface area contributed by atoms with Crippen LogP contribution in [0.15, 0.2) is 40.2 Å². The van der Waals surface area contributed by atoms with Crippen LogP contribution in [-0.4, -0.2) is 10.2 Å². The highest BCUT2D eigenvalue weighted by molar-refractivity contribution is 6.68. The fourth-order valence-electron chi connectivity index (χ4n) is 1.29. The molecule has 0 amide bonds. The minimum Gasteiger partial charge on any atom is -0.463 e. The van der Waals surface area contributed by atoms with E-state index >= 15 is 0 Å². The molecule has 0 aliphatic rings. The summed E-state index contributed by atoms with van der Waals surface area (Å²) in [6, 6.07) is 4.84. The van der Waals surface area contributed by atoms with Gasteiger partial charge >= 0.3 is 0 Å². The number of halogens is 1. The number of carbonyl (C=O) groups is 1. The molecule has 2 rings (SSSR count). The summed E-state index contributed by atoms with van der Waals surface area (Å²) in [6.07, 6.45) is 2.74. The van der Waals surface area contributed by atoms with E-state index in [1.165, 1.54) is 18.5 Å². The van der Waals surface area contributed by atoms with Crippen LogP contribution in [0, 0.1) is 0 Å². The van der Waals surface area contributed by atoms with Crippen molar-refractivity contribution in [2.75, 3.05) is 0 Å². The number of azide groups is 1. The first-order valence-electron chi connectivity index (χ1n) is 4.51. The molecule has 84 valence electrons. The van der Waals surface area contributed by atoms with Crippen molar-refractivity contribution in [1.29, 1.82) is 0 Å². The third-order valence-corrected chi connectivity index (χ3v) is 2.22. The molecule has 0 bridgehead atoms. The molecule has 0 fully saturated rings. The molecule has 0 saturated heterocycles. The Morgan fingerprint density at radius 3 is 3.00 bits per heavy atom. The van der Waals surface area contributed by atoms with Gasteiger partial charge in [-0.15, -0.1) is 0 Å². The van der Waals surface area contributed by atoms with E-state index in [9.17, 15) is 4.79 Å². The van der Waals surface area contributed by atoms with Crippen molar-refractivity contribution >= 4 is 22.5 Å². The summed E-state index contributed by atoms with van der Waals surface area (Å²) in [7, 11) is 0. The predicted octanol–water partition coefficient (Wildman–Crippen LogP) is 3.66. The van der Waals surface area contributed by atoms with Gasteiger partial charge in [-0.05, 0) is 35.3 Å². The Morgan fingerprint density at radius 1 is 1.59 bits per heavy atom. The maximum absolute atomic E-state index is 11.1. The molecule has 0 N–H and O–H groups in total. The third-order valence-electron chi connectivity index (χ3n) is 2.02. The lowest BCUT2D eigenvalue weighted by Crippen LogP contribution is -1.92. The summed E-state index contributed by atoms with van der Waals surface area (Å²) in [4.78, 5) is 17.7. The van der Waals surface area contributed by atoms with Gasteiger partial charge in [-0.2, -0.15) is 0 Å². The molecule has 2 heterocycles. The summed E-state index contributed by atoms with van der Waals surface area (Å²) in [5, 5.41) is 2.66. The monoisotopic (exact) mass is 248 g/mol. The van der Waals surface area contributed by atoms with Crippen molar-refractivity contribution < 1.29 is 9.21 Å². The zero-order valence-corrected chi connectivity index (χ0v) is 9.13. The minimum absolute atomic E-state index is 0.0553. The molecule has 0 unspecified atom stereocenters. The lowest BCUT2D eigenvalue weighted by Gasteiger charge is -2.01. The van der Waals surface area contributed by atoms with Crippen LogP contribution in [0.2, 0.25) is 0 Å². The molecule has 0 aliphatic carbocycles. The molecule has 0 aliphatic heterocycles. The molecule has 0 aromatic carbocycles. The van der Waals surface area contributed by atoms with Crippen molar-refractivity contribution in [1.82, 2.24) is 4.98 Å². The van der Waals surface area contributed by atoms with Gasteiger partial charge in [0.2, 0.25) is 0 Å². The number of hydrogen-bond donors (Lipinski definition) is 0. The number of furan rings is 1. The maximum Gasteiger partial charge on any atom is 0.254 e. The number of nitrogens with zero attached hydrogens (tertiary/aromatic N) is 4. The van der Waals surface area contributed by atoms with Crippen LogP contribution in [0.3, 0.4) is 0 Å². The third kappa shape index (κ3) is 2.28. The second-order valence-corrected chi connectivity index (χ2v) is 3.37. The van der Waals surface area contributed by atoms with Gasteiger partial charge in [0.15, 0.2) is 5.76 Å². The zero-order chi connectivity index (χ0) is 12.3. The summed E-state index contributed by atoms with van der Waals surface area (Å²) in [5.74, 6) is 0.507.